The van der Waals surface area contributed by atoms with E-state index >= 15 is 0 Å². The van der Waals surface area contributed by atoms with E-state index in [4.69, 9.17) is 10.00 Å². The number of nitrogens with one attached hydrogen (secondary N) is 1. The third-order valence-electron chi connectivity index (χ3n) is 4.95. The van der Waals surface area contributed by atoms with Crippen LogP contribution >= 0.6 is 0 Å². The maximum absolute atomic E-state index is 12.4. The molecule has 29 heavy (non-hydrogen) atoms. The predicted molar refractivity (Wildman–Crippen MR) is 112 cm³/mol. The minimum absolute atomic E-state index is 0.141. The number of rotatable bonds is 4. The van der Waals surface area contributed by atoms with Gasteiger partial charge >= 0.3 is 5.97 Å². The van der Waals surface area contributed by atoms with Crippen LogP contribution in [-0.4, -0.2) is 17.5 Å². The number of hydrogen-bond acceptors (Lipinski definition) is 4. The molecule has 0 bridgehead atoms. The van der Waals surface area contributed by atoms with E-state index in [9.17, 15) is 9.59 Å². The highest BCUT2D eigenvalue weighted by atomic mass is 16.6. The second-order valence-electron chi connectivity index (χ2n) is 8.53. The first-order valence-electron chi connectivity index (χ1n) is 9.88. The van der Waals surface area contributed by atoms with Crippen LogP contribution in [0.15, 0.2) is 42.5 Å². The first kappa shape index (κ1) is 20.6. The number of fused-ring (bicyclic) bond motifs is 1. The number of benzene rings is 2. The summed E-state index contributed by atoms with van der Waals surface area (Å²) in [5.74, 6) is -0.0539. The van der Waals surface area contributed by atoms with E-state index in [-0.39, 0.29) is 17.8 Å². The van der Waals surface area contributed by atoms with Gasteiger partial charge < -0.3 is 10.1 Å². The Hall–Kier alpha value is -3.13. The lowest BCUT2D eigenvalue weighted by molar-refractivity contribution is -0.156. The minimum Gasteiger partial charge on any atom is -0.460 e. The highest BCUT2D eigenvalue weighted by Crippen LogP contribution is 2.30. The average molecular weight is 390 g/mol. The Balaban J connectivity index is 1.61. The van der Waals surface area contributed by atoms with Gasteiger partial charge in [0, 0.05) is 17.7 Å². The van der Waals surface area contributed by atoms with Gasteiger partial charge in [0.05, 0.1) is 11.6 Å². The molecule has 0 saturated carbocycles. The van der Waals surface area contributed by atoms with Crippen molar-refractivity contribution in [3.05, 3.63) is 64.7 Å². The van der Waals surface area contributed by atoms with Gasteiger partial charge in [-0.2, -0.15) is 5.26 Å². The molecule has 150 valence electrons. The molecular formula is C24H26N2O3. The lowest BCUT2D eigenvalue weighted by atomic mass is 9.82. The Bertz CT molecular complexity index is 950. The van der Waals surface area contributed by atoms with Crippen LogP contribution in [0.2, 0.25) is 0 Å². The molecule has 1 N–H and O–H groups in total. The normalized spacial score (nSPS) is 15.7. The number of carbonyl (C=O) groups is 2. The molecule has 5 nitrogen and oxygen atoms in total. The molecule has 0 heterocycles. The van der Waals surface area contributed by atoms with Gasteiger partial charge in [0.15, 0.2) is 0 Å². The summed E-state index contributed by atoms with van der Waals surface area (Å²) in [5, 5.41) is 11.8. The molecule has 0 radical (unpaired) electrons. The Morgan fingerprint density at radius 1 is 1.14 bits per heavy atom. The average Bonchev–Trinajstić information content (AvgIpc) is 2.66. The molecule has 0 saturated heterocycles. The van der Waals surface area contributed by atoms with E-state index in [1.54, 1.807) is 24.3 Å². The molecule has 3 rings (SSSR count). The number of amides is 1. The molecule has 0 aliphatic heterocycles. The second kappa shape index (κ2) is 8.48. The highest BCUT2D eigenvalue weighted by Gasteiger charge is 2.24. The molecule has 0 aromatic heterocycles. The van der Waals surface area contributed by atoms with Crippen LogP contribution in [0.3, 0.4) is 0 Å². The topological polar surface area (TPSA) is 79.2 Å². The predicted octanol–water partition coefficient (Wildman–Crippen LogP) is 4.65. The van der Waals surface area contributed by atoms with E-state index in [1.165, 1.54) is 11.1 Å². The van der Waals surface area contributed by atoms with Crippen LogP contribution in [0.25, 0.3) is 0 Å². The van der Waals surface area contributed by atoms with E-state index in [1.807, 2.05) is 45.0 Å². The number of ether oxygens (including phenoxy) is 1. The standard InChI is InChI=1S/C24H26N2O3/c1-24(2,3)29-22(27)13-17-6-9-20-14-21(11-10-19(20)12-17)26-23(28)18-7-4-16(15-25)5-8-18/h4-5,7-8,10-11,14,17H,6,9,12-13H2,1-3H3,(H,26,28). The number of esters is 1. The smallest absolute Gasteiger partial charge is 0.306 e. The summed E-state index contributed by atoms with van der Waals surface area (Å²) in [5.41, 5.74) is 3.77. The summed E-state index contributed by atoms with van der Waals surface area (Å²) in [4.78, 5) is 24.5. The number of nitriles is 1. The first-order valence-corrected chi connectivity index (χ1v) is 9.88. The van der Waals surface area contributed by atoms with Crippen LogP contribution in [0.1, 0.15) is 60.7 Å². The number of anilines is 1. The summed E-state index contributed by atoms with van der Waals surface area (Å²) < 4.78 is 5.44. The Morgan fingerprint density at radius 3 is 2.52 bits per heavy atom. The first-order chi connectivity index (χ1) is 13.7. The number of nitrogens with zero attached hydrogens (tertiary/aromatic N) is 1. The molecule has 1 atom stereocenters. The van der Waals surface area contributed by atoms with Gasteiger partial charge in [0.1, 0.15) is 5.60 Å². The molecule has 0 fully saturated rings. The fourth-order valence-corrected chi connectivity index (χ4v) is 3.60. The van der Waals surface area contributed by atoms with Gasteiger partial charge in [-0.15, -0.1) is 0 Å². The summed E-state index contributed by atoms with van der Waals surface area (Å²) in [6, 6.07) is 14.5. The Labute approximate surface area is 171 Å². The van der Waals surface area contributed by atoms with Crippen molar-refractivity contribution in [2.24, 2.45) is 5.92 Å². The molecule has 1 amide bonds. The van der Waals surface area contributed by atoms with Crippen molar-refractivity contribution in [3.8, 4) is 6.07 Å². The minimum atomic E-state index is -0.453. The zero-order valence-corrected chi connectivity index (χ0v) is 17.1. The quantitative estimate of drug-likeness (QED) is 0.771. The second-order valence-corrected chi connectivity index (χ2v) is 8.53. The van der Waals surface area contributed by atoms with Gasteiger partial charge in [0.2, 0.25) is 0 Å². The third kappa shape index (κ3) is 5.68. The van der Waals surface area contributed by atoms with Crippen LogP contribution in [0.5, 0.6) is 0 Å². The molecule has 1 aliphatic rings. The van der Waals surface area contributed by atoms with Crippen molar-refractivity contribution in [3.63, 3.8) is 0 Å². The van der Waals surface area contributed by atoms with Crippen molar-refractivity contribution in [1.82, 2.24) is 0 Å². The van der Waals surface area contributed by atoms with Gasteiger partial charge in [-0.3, -0.25) is 9.59 Å². The van der Waals surface area contributed by atoms with Crippen LogP contribution in [-0.2, 0) is 22.4 Å². The van der Waals surface area contributed by atoms with E-state index in [2.05, 4.69) is 5.32 Å². The van der Waals surface area contributed by atoms with Crippen LogP contribution in [0.4, 0.5) is 5.69 Å². The fourth-order valence-electron chi connectivity index (χ4n) is 3.60. The molecule has 2 aromatic carbocycles. The number of carbonyl (C=O) groups excluding carboxylic acids is 2. The van der Waals surface area contributed by atoms with Crippen molar-refractivity contribution in [2.75, 3.05) is 5.32 Å². The van der Waals surface area contributed by atoms with Crippen LogP contribution in [0, 0.1) is 17.2 Å². The van der Waals surface area contributed by atoms with Gasteiger partial charge in [0.25, 0.3) is 5.91 Å². The zero-order chi connectivity index (χ0) is 21.0. The van der Waals surface area contributed by atoms with Gasteiger partial charge in [-0.25, -0.2) is 0 Å². The largest absolute Gasteiger partial charge is 0.460 e. The summed E-state index contributed by atoms with van der Waals surface area (Å²) in [6.07, 6.45) is 3.09. The van der Waals surface area contributed by atoms with Gasteiger partial charge in [-0.1, -0.05) is 6.07 Å². The molecule has 0 spiro atoms. The van der Waals surface area contributed by atoms with Crippen molar-refractivity contribution >= 4 is 17.6 Å². The third-order valence-corrected chi connectivity index (χ3v) is 4.95. The lowest BCUT2D eigenvalue weighted by Crippen LogP contribution is -2.26. The lowest BCUT2D eigenvalue weighted by Gasteiger charge is -2.26. The van der Waals surface area contributed by atoms with Crippen molar-refractivity contribution in [1.29, 1.82) is 5.26 Å². The van der Waals surface area contributed by atoms with E-state index in [0.717, 1.165) is 24.9 Å². The molecule has 1 aliphatic carbocycles. The Morgan fingerprint density at radius 2 is 1.86 bits per heavy atom. The number of hydrogen-bond donors (Lipinski definition) is 1. The maximum Gasteiger partial charge on any atom is 0.306 e. The molecule has 1 unspecified atom stereocenters. The monoisotopic (exact) mass is 390 g/mol. The van der Waals surface area contributed by atoms with Gasteiger partial charge in [-0.05, 0) is 93.5 Å². The number of aryl methyl sites for hydroxylation is 1. The molecule has 2 aromatic rings. The zero-order valence-electron chi connectivity index (χ0n) is 17.1. The van der Waals surface area contributed by atoms with Crippen molar-refractivity contribution in [2.45, 2.75) is 52.1 Å². The van der Waals surface area contributed by atoms with E-state index < -0.39 is 5.60 Å². The Kier molecular flexibility index (Phi) is 6.03. The van der Waals surface area contributed by atoms with Crippen LogP contribution < -0.4 is 5.32 Å². The molecule has 5 heteroatoms. The van der Waals surface area contributed by atoms with E-state index in [0.29, 0.717) is 17.5 Å². The summed E-state index contributed by atoms with van der Waals surface area (Å²) in [7, 11) is 0. The SMILES string of the molecule is CC(C)(C)OC(=O)CC1CCc2cc(NC(=O)c3ccc(C#N)cc3)ccc2C1. The molecular weight excluding hydrogens is 364 g/mol. The highest BCUT2D eigenvalue weighted by molar-refractivity contribution is 6.04. The fraction of sp³-hybridized carbons (Fsp3) is 0.375. The summed E-state index contributed by atoms with van der Waals surface area (Å²) in [6.45, 7) is 5.65. The summed E-state index contributed by atoms with van der Waals surface area (Å²) >= 11 is 0. The van der Waals surface area contributed by atoms with Crippen molar-refractivity contribution < 1.29 is 14.3 Å². The maximum atomic E-state index is 12.4.